The van der Waals surface area contributed by atoms with Crippen molar-refractivity contribution < 1.29 is 14.3 Å². The van der Waals surface area contributed by atoms with Gasteiger partial charge in [0.15, 0.2) is 0 Å². The third-order valence-corrected chi connectivity index (χ3v) is 7.77. The molecule has 0 aromatic heterocycles. The Balaban J connectivity index is 1.56. The molecular formula is C32H36O3. The van der Waals surface area contributed by atoms with Gasteiger partial charge in [-0.1, -0.05) is 61.7 Å². The summed E-state index contributed by atoms with van der Waals surface area (Å²) < 4.78 is 12.8. The van der Waals surface area contributed by atoms with Gasteiger partial charge in [-0.2, -0.15) is 0 Å². The van der Waals surface area contributed by atoms with E-state index in [0.29, 0.717) is 17.2 Å². The lowest BCUT2D eigenvalue weighted by Gasteiger charge is -2.46. The van der Waals surface area contributed by atoms with E-state index in [0.717, 1.165) is 47.8 Å². The normalized spacial score (nSPS) is 20.4. The van der Waals surface area contributed by atoms with Crippen LogP contribution in [0.15, 0.2) is 66.2 Å². The molecule has 0 fully saturated rings. The van der Waals surface area contributed by atoms with Crippen LogP contribution in [0.3, 0.4) is 0 Å². The van der Waals surface area contributed by atoms with Gasteiger partial charge in [-0.25, -0.2) is 4.79 Å². The molecule has 0 bridgehead atoms. The lowest BCUT2D eigenvalue weighted by molar-refractivity contribution is 0.0106. The van der Waals surface area contributed by atoms with E-state index in [2.05, 4.69) is 52.0 Å². The van der Waals surface area contributed by atoms with E-state index in [9.17, 15) is 4.79 Å². The highest BCUT2D eigenvalue weighted by Gasteiger charge is 2.45. The SMILES string of the molecule is CCCCCc1cc(OC(=O)c2ccc3ccccc3c2)c2c(c1)OC(C)(C)C1CCC(C)=CC21. The van der Waals surface area contributed by atoms with Crippen LogP contribution < -0.4 is 9.47 Å². The first-order chi connectivity index (χ1) is 16.9. The first-order valence-corrected chi connectivity index (χ1v) is 13.1. The second-order valence-corrected chi connectivity index (χ2v) is 10.8. The summed E-state index contributed by atoms with van der Waals surface area (Å²) in [5, 5.41) is 2.15. The van der Waals surface area contributed by atoms with Crippen LogP contribution in [0.4, 0.5) is 0 Å². The van der Waals surface area contributed by atoms with Gasteiger partial charge in [0.25, 0.3) is 0 Å². The third-order valence-electron chi connectivity index (χ3n) is 7.77. The number of hydrogen-bond donors (Lipinski definition) is 0. The van der Waals surface area contributed by atoms with Crippen LogP contribution in [0.2, 0.25) is 0 Å². The largest absolute Gasteiger partial charge is 0.487 e. The predicted octanol–water partition coefficient (Wildman–Crippen LogP) is 8.40. The molecule has 35 heavy (non-hydrogen) atoms. The lowest BCUT2D eigenvalue weighted by Crippen LogP contribution is -2.45. The van der Waals surface area contributed by atoms with Gasteiger partial charge in [0.05, 0.1) is 5.56 Å². The van der Waals surface area contributed by atoms with Crippen LogP contribution >= 0.6 is 0 Å². The zero-order chi connectivity index (χ0) is 24.6. The third kappa shape index (κ3) is 4.74. The smallest absolute Gasteiger partial charge is 0.343 e. The number of allylic oxidation sites excluding steroid dienone is 2. The summed E-state index contributed by atoms with van der Waals surface area (Å²) in [5.74, 6) is 1.75. The van der Waals surface area contributed by atoms with E-state index < -0.39 is 0 Å². The van der Waals surface area contributed by atoms with Crippen LogP contribution in [0.1, 0.15) is 87.2 Å². The molecule has 5 rings (SSSR count). The number of carbonyl (C=O) groups is 1. The van der Waals surface area contributed by atoms with Gasteiger partial charge in [-0.3, -0.25) is 0 Å². The van der Waals surface area contributed by atoms with E-state index in [1.54, 1.807) is 0 Å². The Kier molecular flexibility index (Phi) is 6.44. The fourth-order valence-electron chi connectivity index (χ4n) is 5.84. The standard InChI is InChI=1S/C32H36O3/c1-5-6-7-10-22-18-28(34-31(33)25-15-14-23-11-8-9-12-24(23)20-25)30-26-17-21(2)13-16-27(26)32(3,4)35-29(30)19-22/h8-9,11-12,14-15,17-20,26-27H,5-7,10,13,16H2,1-4H3. The summed E-state index contributed by atoms with van der Waals surface area (Å²) >= 11 is 0. The van der Waals surface area contributed by atoms with Crippen molar-refractivity contribution in [3.05, 3.63) is 82.9 Å². The number of rotatable bonds is 6. The zero-order valence-electron chi connectivity index (χ0n) is 21.4. The number of ether oxygens (including phenoxy) is 2. The fourth-order valence-corrected chi connectivity index (χ4v) is 5.84. The first kappa shape index (κ1) is 23.7. The van der Waals surface area contributed by atoms with E-state index in [1.807, 2.05) is 36.4 Å². The summed E-state index contributed by atoms with van der Waals surface area (Å²) in [6.45, 7) is 8.82. The average molecular weight is 469 g/mol. The molecule has 182 valence electrons. The number of carbonyl (C=O) groups excluding carboxylic acids is 1. The van der Waals surface area contributed by atoms with Crippen LogP contribution in [0, 0.1) is 5.92 Å². The van der Waals surface area contributed by atoms with Crippen LogP contribution in [0.25, 0.3) is 10.8 Å². The summed E-state index contributed by atoms with van der Waals surface area (Å²) in [6, 6.07) is 18.1. The molecule has 1 aliphatic heterocycles. The molecule has 0 N–H and O–H groups in total. The van der Waals surface area contributed by atoms with Crippen molar-refractivity contribution in [2.75, 3.05) is 0 Å². The topological polar surface area (TPSA) is 35.5 Å². The lowest BCUT2D eigenvalue weighted by atomic mass is 9.68. The molecule has 2 atom stereocenters. The molecule has 2 unspecified atom stereocenters. The molecule has 0 radical (unpaired) electrons. The number of unbranched alkanes of at least 4 members (excludes halogenated alkanes) is 2. The molecule has 1 heterocycles. The summed E-state index contributed by atoms with van der Waals surface area (Å²) in [4.78, 5) is 13.4. The maximum absolute atomic E-state index is 13.4. The van der Waals surface area contributed by atoms with Gasteiger partial charge in [0, 0.05) is 17.4 Å². The highest BCUT2D eigenvalue weighted by molar-refractivity contribution is 5.96. The quantitative estimate of drug-likeness (QED) is 0.158. The molecule has 0 saturated heterocycles. The molecular weight excluding hydrogens is 432 g/mol. The zero-order valence-corrected chi connectivity index (χ0v) is 21.4. The molecule has 0 amide bonds. The predicted molar refractivity (Wildman–Crippen MR) is 143 cm³/mol. The molecule has 3 aromatic rings. The maximum Gasteiger partial charge on any atom is 0.343 e. The number of esters is 1. The number of benzene rings is 3. The highest BCUT2D eigenvalue weighted by Crippen LogP contribution is 2.53. The van der Waals surface area contributed by atoms with Crippen LogP contribution in [0.5, 0.6) is 11.5 Å². The number of hydrogen-bond acceptors (Lipinski definition) is 3. The van der Waals surface area contributed by atoms with Crippen molar-refractivity contribution in [3.63, 3.8) is 0 Å². The molecule has 2 aliphatic rings. The monoisotopic (exact) mass is 468 g/mol. The van der Waals surface area contributed by atoms with Gasteiger partial charge in [-0.05, 0) is 87.1 Å². The molecule has 1 aliphatic carbocycles. The van der Waals surface area contributed by atoms with Crippen molar-refractivity contribution in [3.8, 4) is 11.5 Å². The van der Waals surface area contributed by atoms with E-state index >= 15 is 0 Å². The number of fused-ring (bicyclic) bond motifs is 4. The molecule has 3 nitrogen and oxygen atoms in total. The van der Waals surface area contributed by atoms with Crippen molar-refractivity contribution in [1.82, 2.24) is 0 Å². The van der Waals surface area contributed by atoms with Gasteiger partial charge < -0.3 is 9.47 Å². The minimum Gasteiger partial charge on any atom is -0.487 e. The molecule has 0 saturated carbocycles. The molecule has 3 aromatic carbocycles. The average Bonchev–Trinajstić information content (AvgIpc) is 2.83. The molecule has 0 spiro atoms. The Morgan fingerprint density at radius 3 is 2.66 bits per heavy atom. The van der Waals surface area contributed by atoms with Crippen LogP contribution in [-0.2, 0) is 6.42 Å². The Morgan fingerprint density at radius 1 is 1.06 bits per heavy atom. The first-order valence-electron chi connectivity index (χ1n) is 13.1. The Morgan fingerprint density at radius 2 is 1.86 bits per heavy atom. The minimum atomic E-state index is -0.318. The Labute approximate surface area is 209 Å². The van der Waals surface area contributed by atoms with Crippen molar-refractivity contribution in [1.29, 1.82) is 0 Å². The van der Waals surface area contributed by atoms with Crippen molar-refractivity contribution in [2.24, 2.45) is 5.92 Å². The molecule has 3 heteroatoms. The maximum atomic E-state index is 13.4. The summed E-state index contributed by atoms with van der Waals surface area (Å²) in [5.41, 5.74) is 3.90. The Bertz CT molecular complexity index is 1280. The summed E-state index contributed by atoms with van der Waals surface area (Å²) in [6.07, 6.45) is 8.96. The summed E-state index contributed by atoms with van der Waals surface area (Å²) in [7, 11) is 0. The minimum absolute atomic E-state index is 0.187. The van der Waals surface area contributed by atoms with Crippen molar-refractivity contribution >= 4 is 16.7 Å². The fraction of sp³-hybridized carbons (Fsp3) is 0.406. The van der Waals surface area contributed by atoms with Gasteiger partial charge in [0.1, 0.15) is 17.1 Å². The van der Waals surface area contributed by atoms with Crippen molar-refractivity contribution in [2.45, 2.75) is 77.7 Å². The van der Waals surface area contributed by atoms with E-state index in [-0.39, 0.29) is 17.5 Å². The van der Waals surface area contributed by atoms with Gasteiger partial charge in [0.2, 0.25) is 0 Å². The van der Waals surface area contributed by atoms with Gasteiger partial charge >= 0.3 is 5.97 Å². The van der Waals surface area contributed by atoms with Crippen LogP contribution in [-0.4, -0.2) is 11.6 Å². The Hall–Kier alpha value is -3.07. The van der Waals surface area contributed by atoms with Gasteiger partial charge in [-0.15, -0.1) is 0 Å². The second kappa shape index (κ2) is 9.53. The second-order valence-electron chi connectivity index (χ2n) is 10.8. The van der Waals surface area contributed by atoms with E-state index in [1.165, 1.54) is 24.0 Å². The highest BCUT2D eigenvalue weighted by atomic mass is 16.5. The van der Waals surface area contributed by atoms with E-state index in [4.69, 9.17) is 9.47 Å². The number of aryl methyl sites for hydroxylation is 1.